The summed E-state index contributed by atoms with van der Waals surface area (Å²) in [7, 11) is -0.401. The molecule has 0 radical (unpaired) electrons. The molecule has 11 nitrogen and oxygen atoms in total. The molecule has 0 bridgehead atoms. The Morgan fingerprint density at radius 3 is 2.47 bits per heavy atom. The zero-order chi connectivity index (χ0) is 32.1. The Balaban J connectivity index is 1.39. The predicted molar refractivity (Wildman–Crippen MR) is 171 cm³/mol. The molecule has 238 valence electrons. The summed E-state index contributed by atoms with van der Waals surface area (Å²) in [5.41, 5.74) is 1.43. The number of amides is 1. The number of hydrogen-bond acceptors (Lipinski definition) is 8. The largest absolute Gasteiger partial charge is 0.486 e. The Hall–Kier alpha value is -4.39. The monoisotopic (exact) mass is 633 g/mol. The highest BCUT2D eigenvalue weighted by Crippen LogP contribution is 2.36. The number of carbonyl (C=O) groups is 1. The van der Waals surface area contributed by atoms with Gasteiger partial charge in [0.25, 0.3) is 15.9 Å². The first kappa shape index (κ1) is 32.0. The van der Waals surface area contributed by atoms with Gasteiger partial charge in [0.1, 0.15) is 17.6 Å². The zero-order valence-electron chi connectivity index (χ0n) is 25.8. The zero-order valence-corrected chi connectivity index (χ0v) is 26.6. The van der Waals surface area contributed by atoms with Crippen LogP contribution in [-0.4, -0.2) is 77.7 Å². The minimum atomic E-state index is -4.06. The first-order chi connectivity index (χ1) is 21.5. The van der Waals surface area contributed by atoms with Crippen molar-refractivity contribution < 1.29 is 27.8 Å². The maximum Gasteiger partial charge on any atom is 0.281 e. The maximum absolute atomic E-state index is 13.8. The standard InChI is InChI=1S/C33H39N5O6S/c1-23-17-38(24(2)21-39)33(40)28-11-8-12-29(35-45(41,42)31-20-37(4)22-34-31)32(28)44-30(23)19-36(3)18-25-13-15-27(16-14-25)43-26-9-6-5-7-10-26/h5-16,20,22-24,30,35,39H,17-19,21H2,1-4H3/t23-,24-,30+/m1/s1. The van der Waals surface area contributed by atoms with E-state index in [4.69, 9.17) is 9.47 Å². The van der Waals surface area contributed by atoms with Gasteiger partial charge in [-0.1, -0.05) is 43.3 Å². The minimum Gasteiger partial charge on any atom is -0.486 e. The highest BCUT2D eigenvalue weighted by Gasteiger charge is 2.35. The number of nitrogens with one attached hydrogen (secondary N) is 1. The number of para-hydroxylation sites is 2. The summed E-state index contributed by atoms with van der Waals surface area (Å²) in [6.45, 7) is 5.02. The van der Waals surface area contributed by atoms with E-state index in [1.165, 1.54) is 17.1 Å². The number of imidazole rings is 1. The second-order valence-electron chi connectivity index (χ2n) is 11.5. The Morgan fingerprint density at radius 2 is 1.80 bits per heavy atom. The van der Waals surface area contributed by atoms with Gasteiger partial charge in [0.15, 0.2) is 10.8 Å². The van der Waals surface area contributed by atoms with Crippen molar-refractivity contribution in [1.82, 2.24) is 19.4 Å². The van der Waals surface area contributed by atoms with Crippen molar-refractivity contribution in [2.24, 2.45) is 13.0 Å². The molecule has 0 aliphatic carbocycles. The van der Waals surface area contributed by atoms with E-state index in [1.807, 2.05) is 68.6 Å². The van der Waals surface area contributed by atoms with Gasteiger partial charge in [0.2, 0.25) is 0 Å². The van der Waals surface area contributed by atoms with Crippen LogP contribution in [0.25, 0.3) is 0 Å². The molecular formula is C33H39N5O6S. The fraction of sp³-hybridized carbons (Fsp3) is 0.333. The van der Waals surface area contributed by atoms with Crippen LogP contribution in [0.4, 0.5) is 5.69 Å². The van der Waals surface area contributed by atoms with Gasteiger partial charge in [-0.25, -0.2) is 4.98 Å². The third-order valence-electron chi connectivity index (χ3n) is 7.74. The Morgan fingerprint density at radius 1 is 1.09 bits per heavy atom. The van der Waals surface area contributed by atoms with Gasteiger partial charge in [0.05, 0.1) is 30.2 Å². The molecule has 0 spiro atoms. The third kappa shape index (κ3) is 7.64. The second kappa shape index (κ2) is 13.7. The van der Waals surface area contributed by atoms with Crippen LogP contribution in [0.5, 0.6) is 17.2 Å². The number of benzene rings is 3. The summed E-state index contributed by atoms with van der Waals surface area (Å²) >= 11 is 0. The SMILES string of the molecule is C[C@@H]1CN([C@H](C)CO)C(=O)c2cccc(NS(=O)(=O)c3cn(C)cn3)c2O[C@H]1CN(C)Cc1ccc(Oc2ccccc2)cc1. The van der Waals surface area contributed by atoms with Crippen molar-refractivity contribution in [3.8, 4) is 17.2 Å². The number of nitrogens with zero attached hydrogens (tertiary/aromatic N) is 4. The molecule has 45 heavy (non-hydrogen) atoms. The second-order valence-corrected chi connectivity index (χ2v) is 13.2. The molecule has 1 aliphatic rings. The van der Waals surface area contributed by atoms with Crippen LogP contribution in [-0.2, 0) is 23.6 Å². The van der Waals surface area contributed by atoms with Gasteiger partial charge in [-0.05, 0) is 55.9 Å². The number of aryl methyl sites for hydroxylation is 1. The van der Waals surface area contributed by atoms with E-state index in [9.17, 15) is 18.3 Å². The van der Waals surface area contributed by atoms with Crippen LogP contribution in [0.15, 0.2) is 90.3 Å². The molecule has 1 aliphatic heterocycles. The van der Waals surface area contributed by atoms with Crippen LogP contribution in [0.2, 0.25) is 0 Å². The average molecular weight is 634 g/mol. The van der Waals surface area contributed by atoms with Crippen LogP contribution in [0.1, 0.15) is 29.8 Å². The highest BCUT2D eigenvalue weighted by molar-refractivity contribution is 7.92. The summed E-state index contributed by atoms with van der Waals surface area (Å²) in [6.07, 6.45) is 2.37. The molecule has 3 atom stereocenters. The first-order valence-corrected chi connectivity index (χ1v) is 16.2. The van der Waals surface area contributed by atoms with Gasteiger partial charge < -0.3 is 24.0 Å². The number of anilines is 1. The molecule has 0 unspecified atom stereocenters. The Labute approximate surface area is 264 Å². The molecule has 2 N–H and O–H groups in total. The fourth-order valence-electron chi connectivity index (χ4n) is 5.24. The van der Waals surface area contributed by atoms with Crippen LogP contribution in [0, 0.1) is 5.92 Å². The number of sulfonamides is 1. The number of fused-ring (bicyclic) bond motifs is 1. The quantitative estimate of drug-likeness (QED) is 0.250. The van der Waals surface area contributed by atoms with Gasteiger partial charge in [-0.15, -0.1) is 0 Å². The molecule has 1 aromatic heterocycles. The molecule has 0 fully saturated rings. The van der Waals surface area contributed by atoms with Crippen molar-refractivity contribution in [2.75, 3.05) is 31.5 Å². The van der Waals surface area contributed by atoms with Crippen LogP contribution >= 0.6 is 0 Å². The Bertz CT molecular complexity index is 1710. The molecule has 0 saturated heterocycles. The summed E-state index contributed by atoms with van der Waals surface area (Å²) in [5, 5.41) is 9.82. The number of aromatic nitrogens is 2. The van der Waals surface area contributed by atoms with Crippen molar-refractivity contribution in [3.05, 3.63) is 96.4 Å². The number of ether oxygens (including phenoxy) is 2. The number of carbonyl (C=O) groups excluding carboxylic acids is 1. The predicted octanol–water partition coefficient (Wildman–Crippen LogP) is 4.37. The lowest BCUT2D eigenvalue weighted by Gasteiger charge is -2.38. The molecule has 0 saturated carbocycles. The van der Waals surface area contributed by atoms with E-state index in [2.05, 4.69) is 14.6 Å². The van der Waals surface area contributed by atoms with Gasteiger partial charge in [-0.3, -0.25) is 14.4 Å². The molecular weight excluding hydrogens is 594 g/mol. The summed E-state index contributed by atoms with van der Waals surface area (Å²) < 4.78 is 43.0. The number of rotatable bonds is 11. The topological polar surface area (TPSA) is 126 Å². The van der Waals surface area contributed by atoms with E-state index >= 15 is 0 Å². The van der Waals surface area contributed by atoms with E-state index in [0.717, 1.165) is 17.1 Å². The van der Waals surface area contributed by atoms with Gasteiger partial charge in [0, 0.05) is 38.8 Å². The average Bonchev–Trinajstić information content (AvgIpc) is 3.47. The summed E-state index contributed by atoms with van der Waals surface area (Å²) in [5.74, 6) is 1.15. The molecule has 5 rings (SSSR count). The smallest absolute Gasteiger partial charge is 0.281 e. The van der Waals surface area contributed by atoms with Gasteiger partial charge >= 0.3 is 0 Å². The van der Waals surface area contributed by atoms with E-state index in [0.29, 0.717) is 19.6 Å². The molecule has 12 heteroatoms. The lowest BCUT2D eigenvalue weighted by atomic mass is 9.99. The molecule has 1 amide bonds. The van der Waals surface area contributed by atoms with E-state index in [-0.39, 0.29) is 40.5 Å². The van der Waals surface area contributed by atoms with Gasteiger partial charge in [-0.2, -0.15) is 8.42 Å². The number of hydrogen-bond donors (Lipinski definition) is 2. The van der Waals surface area contributed by atoms with Crippen molar-refractivity contribution in [3.63, 3.8) is 0 Å². The van der Waals surface area contributed by atoms with Crippen LogP contribution in [0.3, 0.4) is 0 Å². The summed E-state index contributed by atoms with van der Waals surface area (Å²) in [4.78, 5) is 21.5. The fourth-order valence-corrected chi connectivity index (χ4v) is 6.28. The molecule has 4 aromatic rings. The molecule has 3 aromatic carbocycles. The van der Waals surface area contributed by atoms with Crippen LogP contribution < -0.4 is 14.2 Å². The lowest BCUT2D eigenvalue weighted by Crippen LogP contribution is -2.49. The number of likely N-dealkylation sites (N-methyl/N-ethyl adjacent to an activating group) is 1. The number of aliphatic hydroxyl groups is 1. The molecule has 2 heterocycles. The normalized spacial score (nSPS) is 17.6. The highest BCUT2D eigenvalue weighted by atomic mass is 32.2. The van der Waals surface area contributed by atoms with E-state index in [1.54, 1.807) is 37.1 Å². The maximum atomic E-state index is 13.8. The third-order valence-corrected chi connectivity index (χ3v) is 8.99. The van der Waals surface area contributed by atoms with Crippen molar-refractivity contribution >= 4 is 21.6 Å². The first-order valence-electron chi connectivity index (χ1n) is 14.8. The van der Waals surface area contributed by atoms with E-state index < -0.39 is 22.2 Å². The van der Waals surface area contributed by atoms with Crippen molar-refractivity contribution in [2.45, 2.75) is 37.6 Å². The number of aliphatic hydroxyl groups excluding tert-OH is 1. The Kier molecular flexibility index (Phi) is 9.76. The van der Waals surface area contributed by atoms with Crippen molar-refractivity contribution in [1.29, 1.82) is 0 Å². The lowest BCUT2D eigenvalue weighted by molar-refractivity contribution is 0.0344. The minimum absolute atomic E-state index is 0.138. The summed E-state index contributed by atoms with van der Waals surface area (Å²) in [6, 6.07) is 21.8.